The van der Waals surface area contributed by atoms with Gasteiger partial charge in [0, 0.05) is 6.54 Å². The van der Waals surface area contributed by atoms with Crippen molar-refractivity contribution in [2.24, 2.45) is 0 Å². The van der Waals surface area contributed by atoms with Gasteiger partial charge in [-0.2, -0.15) is 0 Å². The molecule has 0 radical (unpaired) electrons. The van der Waals surface area contributed by atoms with Crippen LogP contribution in [-0.2, 0) is 17.9 Å². The van der Waals surface area contributed by atoms with Crippen molar-refractivity contribution in [2.45, 2.75) is 39.0 Å². The summed E-state index contributed by atoms with van der Waals surface area (Å²) in [5, 5.41) is 12.3. The Kier molecular flexibility index (Phi) is 7.29. The second-order valence-corrected chi connectivity index (χ2v) is 5.80. The summed E-state index contributed by atoms with van der Waals surface area (Å²) in [4.78, 5) is 11.7. The number of carbonyl (C=O) groups is 1. The smallest absolute Gasteiger partial charge is 0.222 e. The van der Waals surface area contributed by atoms with Gasteiger partial charge in [0.05, 0.1) is 19.6 Å². The van der Waals surface area contributed by atoms with Gasteiger partial charge in [-0.3, -0.25) is 4.79 Å². The molecule has 2 N–H and O–H groups in total. The summed E-state index contributed by atoms with van der Waals surface area (Å²) in [6.07, 6.45) is 0.0870. The molecular formula is C20H25NO4. The lowest BCUT2D eigenvalue weighted by Crippen LogP contribution is -2.26. The number of ether oxygens (including phenoxy) is 2. The van der Waals surface area contributed by atoms with Crippen molar-refractivity contribution in [3.8, 4) is 11.5 Å². The van der Waals surface area contributed by atoms with Crippen LogP contribution in [-0.4, -0.2) is 24.2 Å². The van der Waals surface area contributed by atoms with Crippen LogP contribution in [0.15, 0.2) is 48.5 Å². The first-order valence-electron chi connectivity index (χ1n) is 8.40. The third-order valence-electron chi connectivity index (χ3n) is 3.85. The molecule has 25 heavy (non-hydrogen) atoms. The van der Waals surface area contributed by atoms with Crippen molar-refractivity contribution < 1.29 is 19.4 Å². The van der Waals surface area contributed by atoms with Gasteiger partial charge in [0.15, 0.2) is 11.5 Å². The monoisotopic (exact) mass is 343 g/mol. The lowest BCUT2D eigenvalue weighted by Gasteiger charge is -2.13. The molecule has 0 aromatic heterocycles. The number of nitrogens with one attached hydrogen (secondary N) is 1. The minimum absolute atomic E-state index is 0.117. The van der Waals surface area contributed by atoms with E-state index < -0.39 is 6.10 Å². The molecule has 5 heteroatoms. The van der Waals surface area contributed by atoms with Gasteiger partial charge >= 0.3 is 0 Å². The van der Waals surface area contributed by atoms with Crippen molar-refractivity contribution in [3.05, 3.63) is 59.7 Å². The summed E-state index contributed by atoms with van der Waals surface area (Å²) in [6.45, 7) is 2.68. The van der Waals surface area contributed by atoms with Crippen LogP contribution in [0.3, 0.4) is 0 Å². The minimum Gasteiger partial charge on any atom is -0.493 e. The molecule has 0 aliphatic rings. The van der Waals surface area contributed by atoms with Gasteiger partial charge in [0.2, 0.25) is 5.91 Å². The molecule has 0 aliphatic carbocycles. The molecule has 0 heterocycles. The molecule has 0 saturated carbocycles. The average molecular weight is 343 g/mol. The molecule has 2 aromatic carbocycles. The van der Waals surface area contributed by atoms with Crippen molar-refractivity contribution in [3.63, 3.8) is 0 Å². The Balaban J connectivity index is 1.93. The third-order valence-corrected chi connectivity index (χ3v) is 3.85. The Labute approximate surface area is 148 Å². The van der Waals surface area contributed by atoms with E-state index in [0.29, 0.717) is 31.1 Å². The van der Waals surface area contributed by atoms with Crippen LogP contribution in [0.25, 0.3) is 0 Å². The van der Waals surface area contributed by atoms with Gasteiger partial charge in [-0.1, -0.05) is 43.3 Å². The maximum absolute atomic E-state index is 11.7. The highest BCUT2D eigenvalue weighted by molar-refractivity contribution is 5.76. The first-order chi connectivity index (χ1) is 12.1. The maximum atomic E-state index is 11.7. The molecule has 0 spiro atoms. The minimum atomic E-state index is -0.594. The van der Waals surface area contributed by atoms with Crippen LogP contribution >= 0.6 is 0 Å². The number of aliphatic hydroxyl groups is 1. The fourth-order valence-corrected chi connectivity index (χ4v) is 2.31. The summed E-state index contributed by atoms with van der Waals surface area (Å²) in [6, 6.07) is 15.5. The topological polar surface area (TPSA) is 67.8 Å². The Morgan fingerprint density at radius 3 is 2.56 bits per heavy atom. The van der Waals surface area contributed by atoms with Crippen LogP contribution < -0.4 is 14.8 Å². The summed E-state index contributed by atoms with van der Waals surface area (Å²) < 4.78 is 11.2. The normalized spacial score (nSPS) is 11.6. The number of amides is 1. The number of methoxy groups -OCH3 is 1. The molecule has 0 saturated heterocycles. The van der Waals surface area contributed by atoms with E-state index in [1.165, 1.54) is 0 Å². The Morgan fingerprint density at radius 1 is 1.12 bits per heavy atom. The fourth-order valence-electron chi connectivity index (χ4n) is 2.31. The van der Waals surface area contributed by atoms with E-state index in [1.807, 2.05) is 55.5 Å². The molecule has 2 rings (SSSR count). The van der Waals surface area contributed by atoms with Gasteiger partial charge in [-0.05, 0) is 29.7 Å². The Hall–Kier alpha value is -2.53. The molecule has 0 unspecified atom stereocenters. The third kappa shape index (κ3) is 6.12. The van der Waals surface area contributed by atoms with Crippen LogP contribution in [0, 0.1) is 0 Å². The van der Waals surface area contributed by atoms with E-state index in [0.717, 1.165) is 11.1 Å². The Bertz CT molecular complexity index is 673. The SMILES string of the molecule is CC[C@H](O)CC(=O)NCc1ccc(OCc2ccccc2)c(OC)c1. The van der Waals surface area contributed by atoms with Crippen molar-refractivity contribution in [1.29, 1.82) is 0 Å². The lowest BCUT2D eigenvalue weighted by atomic mass is 10.1. The first kappa shape index (κ1) is 18.8. The maximum Gasteiger partial charge on any atom is 0.222 e. The standard InChI is InChI=1S/C20H25NO4/c1-3-17(22)12-20(23)21-13-16-9-10-18(19(11-16)24-2)25-14-15-7-5-4-6-8-15/h4-11,17,22H,3,12-14H2,1-2H3,(H,21,23)/t17-/m0/s1. The number of benzene rings is 2. The number of carbonyl (C=O) groups excluding carboxylic acids is 1. The van der Waals surface area contributed by atoms with E-state index in [2.05, 4.69) is 5.32 Å². The molecule has 0 fully saturated rings. The van der Waals surface area contributed by atoms with E-state index in [9.17, 15) is 9.90 Å². The highest BCUT2D eigenvalue weighted by Crippen LogP contribution is 2.28. The highest BCUT2D eigenvalue weighted by Gasteiger charge is 2.10. The highest BCUT2D eigenvalue weighted by atomic mass is 16.5. The quantitative estimate of drug-likeness (QED) is 0.734. The molecule has 0 aliphatic heterocycles. The van der Waals surface area contributed by atoms with Crippen LogP contribution in [0.2, 0.25) is 0 Å². The van der Waals surface area contributed by atoms with Crippen molar-refractivity contribution >= 4 is 5.91 Å². The zero-order valence-corrected chi connectivity index (χ0v) is 14.7. The summed E-state index contributed by atoms with van der Waals surface area (Å²) in [5.41, 5.74) is 1.98. The summed E-state index contributed by atoms with van der Waals surface area (Å²) in [5.74, 6) is 1.11. The van der Waals surface area contributed by atoms with Gasteiger partial charge in [-0.15, -0.1) is 0 Å². The zero-order valence-electron chi connectivity index (χ0n) is 14.7. The Morgan fingerprint density at radius 2 is 1.88 bits per heavy atom. The van der Waals surface area contributed by atoms with Crippen LogP contribution in [0.4, 0.5) is 0 Å². The van der Waals surface area contributed by atoms with Gasteiger partial charge in [0.25, 0.3) is 0 Å². The van der Waals surface area contributed by atoms with Gasteiger partial charge in [0.1, 0.15) is 6.61 Å². The number of aliphatic hydroxyl groups excluding tert-OH is 1. The number of hydrogen-bond acceptors (Lipinski definition) is 4. The van der Waals surface area contributed by atoms with Crippen LogP contribution in [0.5, 0.6) is 11.5 Å². The van der Waals surface area contributed by atoms with Crippen molar-refractivity contribution in [2.75, 3.05) is 7.11 Å². The molecular weight excluding hydrogens is 318 g/mol. The summed E-state index contributed by atoms with van der Waals surface area (Å²) in [7, 11) is 1.59. The molecule has 5 nitrogen and oxygen atoms in total. The molecule has 2 aromatic rings. The molecule has 0 bridgehead atoms. The predicted molar refractivity (Wildman–Crippen MR) is 96.5 cm³/mol. The average Bonchev–Trinajstić information content (AvgIpc) is 2.65. The van der Waals surface area contributed by atoms with E-state index in [-0.39, 0.29) is 12.3 Å². The molecule has 1 atom stereocenters. The number of hydrogen-bond donors (Lipinski definition) is 2. The second kappa shape index (κ2) is 9.69. The van der Waals surface area contributed by atoms with Gasteiger partial charge < -0.3 is 19.9 Å². The zero-order chi connectivity index (χ0) is 18.1. The largest absolute Gasteiger partial charge is 0.493 e. The van der Waals surface area contributed by atoms with E-state index in [4.69, 9.17) is 9.47 Å². The second-order valence-electron chi connectivity index (χ2n) is 5.80. The van der Waals surface area contributed by atoms with Crippen LogP contribution in [0.1, 0.15) is 30.9 Å². The van der Waals surface area contributed by atoms with Crippen molar-refractivity contribution in [1.82, 2.24) is 5.32 Å². The molecule has 134 valence electrons. The fraction of sp³-hybridized carbons (Fsp3) is 0.350. The predicted octanol–water partition coefficient (Wildman–Crippen LogP) is 3.05. The lowest BCUT2D eigenvalue weighted by molar-refractivity contribution is -0.123. The van der Waals surface area contributed by atoms with E-state index >= 15 is 0 Å². The van der Waals surface area contributed by atoms with E-state index in [1.54, 1.807) is 7.11 Å². The number of rotatable bonds is 9. The molecule has 1 amide bonds. The summed E-state index contributed by atoms with van der Waals surface area (Å²) >= 11 is 0. The van der Waals surface area contributed by atoms with Gasteiger partial charge in [-0.25, -0.2) is 0 Å². The first-order valence-corrected chi connectivity index (χ1v) is 8.40.